The highest BCUT2D eigenvalue weighted by atomic mass is 15.1. The van der Waals surface area contributed by atoms with Gasteiger partial charge in [0.25, 0.3) is 0 Å². The molecule has 0 N–H and O–H groups in total. The average molecular weight is 605 g/mol. The molecule has 9 aromatic rings. The molecular weight excluding hydrogens is 576 g/mol. The molecule has 0 atom stereocenters. The van der Waals surface area contributed by atoms with Crippen LogP contribution < -0.4 is 0 Å². The Labute approximate surface area is 271 Å². The summed E-state index contributed by atoms with van der Waals surface area (Å²) in [6.07, 6.45) is 2.15. The largest absolute Gasteiger partial charge is 0.316 e. The van der Waals surface area contributed by atoms with Crippen LogP contribution in [0, 0.1) is 25.2 Å². The number of fused-ring (bicyclic) bond motifs is 6. The molecule has 222 valence electrons. The molecule has 0 spiro atoms. The highest BCUT2D eigenvalue weighted by Crippen LogP contribution is 2.38. The minimum atomic E-state index is 0.386. The molecule has 0 radical (unpaired) electrons. The summed E-state index contributed by atoms with van der Waals surface area (Å²) in [5.41, 5.74) is 10.7. The van der Waals surface area contributed by atoms with Gasteiger partial charge in [-0.1, -0.05) is 60.7 Å². The molecule has 5 aromatic carbocycles. The van der Waals surface area contributed by atoms with Crippen LogP contribution in [0.5, 0.6) is 0 Å². The van der Waals surface area contributed by atoms with E-state index in [2.05, 4.69) is 136 Å². The minimum absolute atomic E-state index is 0.386. The first-order chi connectivity index (χ1) is 23.1. The van der Waals surface area contributed by atoms with Gasteiger partial charge in [0.15, 0.2) is 11.5 Å². The number of para-hydroxylation sites is 3. The summed E-state index contributed by atoms with van der Waals surface area (Å²) in [7, 11) is 0. The van der Waals surface area contributed by atoms with E-state index in [1.54, 1.807) is 0 Å². The summed E-state index contributed by atoms with van der Waals surface area (Å²) in [6, 6.07) is 46.6. The van der Waals surface area contributed by atoms with E-state index in [-0.39, 0.29) is 0 Å². The van der Waals surface area contributed by atoms with Crippen molar-refractivity contribution in [2.24, 2.45) is 0 Å². The summed E-state index contributed by atoms with van der Waals surface area (Å²) in [5, 5.41) is 14.6. The van der Waals surface area contributed by atoms with Crippen LogP contribution in [0.15, 0.2) is 134 Å². The molecule has 0 aliphatic heterocycles. The van der Waals surface area contributed by atoms with Crippen LogP contribution in [0.1, 0.15) is 17.0 Å². The highest BCUT2D eigenvalue weighted by molar-refractivity contribution is 6.18. The second kappa shape index (κ2) is 10.3. The first-order valence-corrected chi connectivity index (χ1v) is 15.7. The van der Waals surface area contributed by atoms with E-state index >= 15 is 0 Å². The molecule has 4 heterocycles. The maximum atomic E-state index is 10.2. The van der Waals surface area contributed by atoms with E-state index in [0.29, 0.717) is 11.5 Å². The monoisotopic (exact) mass is 604 g/mol. The van der Waals surface area contributed by atoms with E-state index in [0.717, 1.165) is 55.9 Å². The lowest BCUT2D eigenvalue weighted by atomic mass is 10.1. The third kappa shape index (κ3) is 3.97. The molecule has 6 nitrogen and oxygen atoms in total. The van der Waals surface area contributed by atoms with Crippen LogP contribution in [0.4, 0.5) is 0 Å². The Morgan fingerprint density at radius 3 is 2.00 bits per heavy atom. The number of nitriles is 1. The minimum Gasteiger partial charge on any atom is -0.316 e. The Morgan fingerprint density at radius 1 is 0.574 bits per heavy atom. The molecule has 4 aromatic heterocycles. The molecule has 0 aliphatic rings. The third-order valence-corrected chi connectivity index (χ3v) is 9.40. The lowest BCUT2D eigenvalue weighted by Crippen LogP contribution is -2.01. The predicted molar refractivity (Wildman–Crippen MR) is 190 cm³/mol. The van der Waals surface area contributed by atoms with Crippen molar-refractivity contribution >= 4 is 43.7 Å². The van der Waals surface area contributed by atoms with Crippen LogP contribution in [0.2, 0.25) is 0 Å². The Hall–Kier alpha value is -6.45. The fraction of sp³-hybridized carbons (Fsp3) is 0.0488. The van der Waals surface area contributed by atoms with Crippen LogP contribution in [0.3, 0.4) is 0 Å². The maximum absolute atomic E-state index is 10.2. The standard InChI is InChI=1S/C41H28N6/c1-26-27(2)46(30-13-7-4-8-14-30)41-38(26)35(25-42)43-40(44-41)28-17-19-31(20-18-28)47-37-16-10-9-15-32(37)33-21-22-36-34(39(33)47)23-24-45(36)29-11-5-3-6-12-29/h3-24H,1-2H3. The first-order valence-electron chi connectivity index (χ1n) is 15.7. The lowest BCUT2D eigenvalue weighted by molar-refractivity contribution is 1.01. The number of benzene rings is 5. The van der Waals surface area contributed by atoms with Gasteiger partial charge in [-0.05, 0) is 86.1 Å². The van der Waals surface area contributed by atoms with Gasteiger partial charge < -0.3 is 9.13 Å². The second-order valence-corrected chi connectivity index (χ2v) is 11.9. The number of aryl methyl sites for hydroxylation is 1. The average Bonchev–Trinajstić information content (AvgIpc) is 3.79. The Kier molecular flexibility index (Phi) is 5.90. The normalized spacial score (nSPS) is 11.6. The van der Waals surface area contributed by atoms with Gasteiger partial charge in [0.1, 0.15) is 11.7 Å². The van der Waals surface area contributed by atoms with Gasteiger partial charge >= 0.3 is 0 Å². The molecule has 0 saturated heterocycles. The highest BCUT2D eigenvalue weighted by Gasteiger charge is 2.21. The van der Waals surface area contributed by atoms with Crippen LogP contribution >= 0.6 is 0 Å². The quantitative estimate of drug-likeness (QED) is 0.201. The Morgan fingerprint density at radius 2 is 1.26 bits per heavy atom. The summed E-state index contributed by atoms with van der Waals surface area (Å²) in [5.74, 6) is 0.528. The van der Waals surface area contributed by atoms with Gasteiger partial charge in [0, 0.05) is 50.7 Å². The van der Waals surface area contributed by atoms with Gasteiger partial charge in [-0.15, -0.1) is 0 Å². The molecule has 0 saturated carbocycles. The van der Waals surface area contributed by atoms with E-state index in [1.165, 1.54) is 21.7 Å². The zero-order chi connectivity index (χ0) is 31.6. The molecule has 0 amide bonds. The number of hydrogen-bond acceptors (Lipinski definition) is 3. The summed E-state index contributed by atoms with van der Waals surface area (Å²) >= 11 is 0. The van der Waals surface area contributed by atoms with Crippen LogP contribution in [-0.4, -0.2) is 23.7 Å². The molecule has 47 heavy (non-hydrogen) atoms. The van der Waals surface area contributed by atoms with Crippen molar-refractivity contribution in [1.29, 1.82) is 5.26 Å². The van der Waals surface area contributed by atoms with Gasteiger partial charge in [0.2, 0.25) is 0 Å². The van der Waals surface area contributed by atoms with Gasteiger partial charge in [0.05, 0.1) is 21.9 Å². The molecule has 0 aliphatic carbocycles. The Bertz CT molecular complexity index is 2690. The van der Waals surface area contributed by atoms with Crippen molar-refractivity contribution in [3.05, 3.63) is 151 Å². The molecule has 6 heteroatoms. The van der Waals surface area contributed by atoms with E-state index in [4.69, 9.17) is 9.97 Å². The molecule has 0 unspecified atom stereocenters. The summed E-state index contributed by atoms with van der Waals surface area (Å²) in [6.45, 7) is 4.10. The fourth-order valence-corrected chi connectivity index (χ4v) is 7.08. The van der Waals surface area contributed by atoms with E-state index in [1.807, 2.05) is 31.2 Å². The van der Waals surface area contributed by atoms with Crippen LogP contribution in [0.25, 0.3) is 72.2 Å². The van der Waals surface area contributed by atoms with E-state index in [9.17, 15) is 5.26 Å². The predicted octanol–water partition coefficient (Wildman–Crippen LogP) is 9.62. The van der Waals surface area contributed by atoms with Gasteiger partial charge in [-0.25, -0.2) is 9.97 Å². The SMILES string of the molecule is Cc1c(C)n(-c2ccccc2)c2nc(-c3ccc(-n4c5ccccc5c5ccc6c(ccn6-c6ccccc6)c54)cc3)nc(C#N)c12. The van der Waals surface area contributed by atoms with Gasteiger partial charge in [-0.3, -0.25) is 4.57 Å². The van der Waals surface area contributed by atoms with Crippen molar-refractivity contribution in [3.63, 3.8) is 0 Å². The number of aromatic nitrogens is 5. The zero-order valence-corrected chi connectivity index (χ0v) is 25.9. The van der Waals surface area contributed by atoms with E-state index < -0.39 is 0 Å². The zero-order valence-electron chi connectivity index (χ0n) is 25.9. The Balaban J connectivity index is 1.23. The second-order valence-electron chi connectivity index (χ2n) is 11.9. The van der Waals surface area contributed by atoms with Crippen molar-refractivity contribution in [1.82, 2.24) is 23.7 Å². The van der Waals surface area contributed by atoms with Gasteiger partial charge in [-0.2, -0.15) is 5.26 Å². The topological polar surface area (TPSA) is 64.4 Å². The molecule has 9 rings (SSSR count). The van der Waals surface area contributed by atoms with Crippen molar-refractivity contribution in [2.75, 3.05) is 0 Å². The fourth-order valence-electron chi connectivity index (χ4n) is 7.08. The summed E-state index contributed by atoms with van der Waals surface area (Å²) < 4.78 is 6.72. The first kappa shape index (κ1) is 26.9. The number of rotatable bonds is 4. The lowest BCUT2D eigenvalue weighted by Gasteiger charge is -2.11. The van der Waals surface area contributed by atoms with Crippen molar-refractivity contribution < 1.29 is 0 Å². The smallest absolute Gasteiger partial charge is 0.163 e. The number of hydrogen-bond donors (Lipinski definition) is 0. The van der Waals surface area contributed by atoms with Crippen molar-refractivity contribution in [3.8, 4) is 34.5 Å². The van der Waals surface area contributed by atoms with Crippen LogP contribution in [-0.2, 0) is 0 Å². The molecular formula is C41H28N6. The third-order valence-electron chi connectivity index (χ3n) is 9.40. The molecule has 0 fully saturated rings. The maximum Gasteiger partial charge on any atom is 0.163 e. The molecule has 0 bridgehead atoms. The summed E-state index contributed by atoms with van der Waals surface area (Å²) in [4.78, 5) is 9.84. The van der Waals surface area contributed by atoms with Crippen molar-refractivity contribution in [2.45, 2.75) is 13.8 Å². The number of nitrogens with zero attached hydrogens (tertiary/aromatic N) is 6.